The number of hydrogen-bond acceptors (Lipinski definition) is 4. The lowest BCUT2D eigenvalue weighted by molar-refractivity contribution is -0.125. The van der Waals surface area contributed by atoms with Crippen molar-refractivity contribution in [3.05, 3.63) is 29.8 Å². The number of ether oxygens (including phenoxy) is 1. The number of aryl methyl sites for hydroxylation is 1. The Kier molecular flexibility index (Phi) is 8.16. The first-order valence-electron chi connectivity index (χ1n) is 7.24. The van der Waals surface area contributed by atoms with Crippen LogP contribution in [-0.2, 0) is 14.3 Å². The molecule has 1 atom stereocenters. The lowest BCUT2D eigenvalue weighted by Crippen LogP contribution is -2.41. The van der Waals surface area contributed by atoms with Gasteiger partial charge in [-0.1, -0.05) is 17.7 Å². The number of carbonyl (C=O) groups excluding carboxylic acids is 2. The molecule has 1 fully saturated rings. The highest BCUT2D eigenvalue weighted by Crippen LogP contribution is 2.16. The summed E-state index contributed by atoms with van der Waals surface area (Å²) in [6, 6.07) is 7.97. The van der Waals surface area contributed by atoms with E-state index in [1.807, 2.05) is 31.2 Å². The number of hydrogen-bond donors (Lipinski definition) is 2. The number of benzene rings is 1. The van der Waals surface area contributed by atoms with Crippen LogP contribution in [-0.4, -0.2) is 42.0 Å². The topological polar surface area (TPSA) is 66.8 Å². The monoisotopic (exact) mass is 325 g/mol. The maximum Gasteiger partial charge on any atom is 0.253 e. The van der Waals surface area contributed by atoms with Crippen molar-refractivity contribution in [3.63, 3.8) is 0 Å². The van der Waals surface area contributed by atoms with Gasteiger partial charge >= 0.3 is 0 Å². The first-order valence-corrected chi connectivity index (χ1v) is 7.69. The lowest BCUT2D eigenvalue weighted by Gasteiger charge is -2.26. The number of thiol groups is 1. The Labute approximate surface area is 136 Å². The summed E-state index contributed by atoms with van der Waals surface area (Å²) in [5, 5.41) is 8.45. The van der Waals surface area contributed by atoms with Gasteiger partial charge in [-0.2, -0.15) is 0 Å². The minimum atomic E-state index is -0.383. The molecule has 1 aromatic rings. The number of aliphatic hydroxyl groups is 1. The van der Waals surface area contributed by atoms with Gasteiger partial charge in [0.05, 0.1) is 12.7 Å². The normalized spacial score (nSPS) is 15.8. The van der Waals surface area contributed by atoms with E-state index in [4.69, 9.17) is 9.84 Å². The summed E-state index contributed by atoms with van der Waals surface area (Å²) in [4.78, 5) is 23.3. The van der Waals surface area contributed by atoms with E-state index in [0.29, 0.717) is 26.0 Å². The van der Waals surface area contributed by atoms with Crippen LogP contribution in [0.15, 0.2) is 24.3 Å². The molecule has 0 saturated carbocycles. The fourth-order valence-corrected chi connectivity index (χ4v) is 1.98. The van der Waals surface area contributed by atoms with Crippen LogP contribution in [0.3, 0.4) is 0 Å². The zero-order valence-corrected chi connectivity index (χ0v) is 13.9. The van der Waals surface area contributed by atoms with E-state index in [0.717, 1.165) is 5.69 Å². The Morgan fingerprint density at radius 1 is 1.41 bits per heavy atom. The van der Waals surface area contributed by atoms with E-state index in [1.165, 1.54) is 5.56 Å². The molecule has 2 rings (SSSR count). The van der Waals surface area contributed by atoms with Crippen molar-refractivity contribution in [2.45, 2.75) is 32.8 Å². The highest BCUT2D eigenvalue weighted by Gasteiger charge is 2.19. The Morgan fingerprint density at radius 2 is 2.05 bits per heavy atom. The van der Waals surface area contributed by atoms with Crippen LogP contribution in [0.25, 0.3) is 0 Å². The van der Waals surface area contributed by atoms with E-state index in [9.17, 15) is 9.59 Å². The first-order chi connectivity index (χ1) is 10.4. The standard InChI is InChI=1S/C11H13NO2.C5H10O2S/c1-9-2-4-10(5-3-9)12-6-7-14-8-11(12)13;1-4(6)2-3-5(7)8/h2-5H,6-8H2,1H3;4,6H,2-3H2,1H3,(H,7,8). The largest absolute Gasteiger partial charge is 0.393 e. The molecule has 1 amide bonds. The summed E-state index contributed by atoms with van der Waals surface area (Å²) in [5.74, 6) is 0.0418. The average Bonchev–Trinajstić information content (AvgIpc) is 2.47. The van der Waals surface area contributed by atoms with E-state index >= 15 is 0 Å². The molecule has 122 valence electrons. The maximum absolute atomic E-state index is 11.5. The molecule has 0 spiro atoms. The molecule has 1 unspecified atom stereocenters. The first kappa shape index (κ1) is 18.7. The maximum atomic E-state index is 11.5. The molecule has 0 aromatic heterocycles. The number of nitrogens with zero attached hydrogens (tertiary/aromatic N) is 1. The molecule has 0 radical (unpaired) electrons. The number of anilines is 1. The molecular weight excluding hydrogens is 302 g/mol. The third-order valence-electron chi connectivity index (χ3n) is 3.11. The predicted octanol–water partition coefficient (Wildman–Crippen LogP) is 1.96. The highest BCUT2D eigenvalue weighted by molar-refractivity contribution is 7.96. The minimum Gasteiger partial charge on any atom is -0.393 e. The van der Waals surface area contributed by atoms with Crippen LogP contribution in [0.4, 0.5) is 5.69 Å². The number of morpholine rings is 1. The molecule has 0 aliphatic carbocycles. The zero-order valence-electron chi connectivity index (χ0n) is 13.0. The number of carbonyl (C=O) groups is 2. The van der Waals surface area contributed by atoms with E-state index in [2.05, 4.69) is 12.6 Å². The van der Waals surface area contributed by atoms with E-state index < -0.39 is 0 Å². The highest BCUT2D eigenvalue weighted by atomic mass is 32.1. The zero-order chi connectivity index (χ0) is 16.5. The predicted molar refractivity (Wildman–Crippen MR) is 89.3 cm³/mol. The van der Waals surface area contributed by atoms with Gasteiger partial charge in [0.25, 0.3) is 5.91 Å². The van der Waals surface area contributed by atoms with E-state index in [1.54, 1.807) is 11.8 Å². The molecule has 5 nitrogen and oxygen atoms in total. The molecule has 1 aliphatic heterocycles. The molecule has 1 heterocycles. The fraction of sp³-hybridized carbons (Fsp3) is 0.500. The lowest BCUT2D eigenvalue weighted by atomic mass is 10.2. The second-order valence-corrected chi connectivity index (χ2v) is 5.71. The third kappa shape index (κ3) is 7.06. The number of aliphatic hydroxyl groups excluding tert-OH is 1. The van der Waals surface area contributed by atoms with Gasteiger partial charge in [-0.3, -0.25) is 9.59 Å². The van der Waals surface area contributed by atoms with Crippen LogP contribution >= 0.6 is 12.6 Å². The van der Waals surface area contributed by atoms with Gasteiger partial charge in [0, 0.05) is 18.7 Å². The molecular formula is C16H23NO4S. The molecule has 1 aliphatic rings. The molecule has 22 heavy (non-hydrogen) atoms. The SMILES string of the molecule is CC(O)CCC(=O)S.Cc1ccc(N2CCOCC2=O)cc1. The Bertz CT molecular complexity index is 487. The van der Waals surface area contributed by atoms with Crippen molar-refractivity contribution in [3.8, 4) is 0 Å². The van der Waals surface area contributed by atoms with Gasteiger partial charge < -0.3 is 14.7 Å². The van der Waals surface area contributed by atoms with Crippen LogP contribution in [0.1, 0.15) is 25.3 Å². The van der Waals surface area contributed by atoms with Gasteiger partial charge in [0.15, 0.2) is 5.12 Å². The third-order valence-corrected chi connectivity index (χ3v) is 3.33. The molecule has 6 heteroatoms. The van der Waals surface area contributed by atoms with E-state index in [-0.39, 0.29) is 23.7 Å². The molecule has 1 saturated heterocycles. The van der Waals surface area contributed by atoms with Crippen molar-refractivity contribution in [1.82, 2.24) is 0 Å². The summed E-state index contributed by atoms with van der Waals surface area (Å²) in [6.45, 7) is 5.16. The van der Waals surface area contributed by atoms with Crippen molar-refractivity contribution < 1.29 is 19.4 Å². The van der Waals surface area contributed by atoms with Crippen LogP contribution in [0.2, 0.25) is 0 Å². The summed E-state index contributed by atoms with van der Waals surface area (Å²) in [5.41, 5.74) is 2.17. The summed E-state index contributed by atoms with van der Waals surface area (Å²) < 4.78 is 5.07. The van der Waals surface area contributed by atoms with Crippen molar-refractivity contribution in [2.75, 3.05) is 24.7 Å². The van der Waals surface area contributed by atoms with Gasteiger partial charge in [0.2, 0.25) is 0 Å². The molecule has 1 N–H and O–H groups in total. The quantitative estimate of drug-likeness (QED) is 0.831. The van der Waals surface area contributed by atoms with Crippen LogP contribution in [0, 0.1) is 6.92 Å². The fourth-order valence-electron chi connectivity index (χ4n) is 1.85. The van der Waals surface area contributed by atoms with Crippen molar-refractivity contribution in [2.24, 2.45) is 0 Å². The van der Waals surface area contributed by atoms with Gasteiger partial charge in [-0.25, -0.2) is 0 Å². The molecule has 1 aromatic carbocycles. The Hall–Kier alpha value is -1.37. The Morgan fingerprint density at radius 3 is 2.50 bits per heavy atom. The summed E-state index contributed by atoms with van der Waals surface area (Å²) >= 11 is 3.52. The molecule has 0 bridgehead atoms. The summed E-state index contributed by atoms with van der Waals surface area (Å²) in [6.07, 6.45) is 0.495. The van der Waals surface area contributed by atoms with Gasteiger partial charge in [-0.15, -0.1) is 12.6 Å². The second kappa shape index (κ2) is 9.61. The summed E-state index contributed by atoms with van der Waals surface area (Å²) in [7, 11) is 0. The van der Waals surface area contributed by atoms with Gasteiger partial charge in [-0.05, 0) is 32.4 Å². The smallest absolute Gasteiger partial charge is 0.253 e. The Balaban J connectivity index is 0.000000261. The minimum absolute atomic E-state index is 0.0418. The van der Waals surface area contributed by atoms with Crippen LogP contribution < -0.4 is 4.90 Å². The average molecular weight is 325 g/mol. The van der Waals surface area contributed by atoms with Crippen molar-refractivity contribution >= 4 is 29.3 Å². The number of amides is 1. The number of rotatable bonds is 4. The second-order valence-electron chi connectivity index (χ2n) is 5.21. The van der Waals surface area contributed by atoms with Gasteiger partial charge in [0.1, 0.15) is 6.61 Å². The van der Waals surface area contributed by atoms with Crippen LogP contribution in [0.5, 0.6) is 0 Å². The van der Waals surface area contributed by atoms with Crippen molar-refractivity contribution in [1.29, 1.82) is 0 Å².